The first-order valence-corrected chi connectivity index (χ1v) is 4.85. The van der Waals surface area contributed by atoms with E-state index in [-0.39, 0.29) is 17.7 Å². The van der Waals surface area contributed by atoms with E-state index in [1.54, 1.807) is 19.1 Å². The number of carbonyl (C=O) groups excluding carboxylic acids is 1. The molecule has 1 amide bonds. The third-order valence-electron chi connectivity index (χ3n) is 2.21. The zero-order chi connectivity index (χ0) is 12.1. The van der Waals surface area contributed by atoms with Gasteiger partial charge in [0.15, 0.2) is 11.6 Å². The van der Waals surface area contributed by atoms with E-state index >= 15 is 0 Å². The zero-order valence-corrected chi connectivity index (χ0v) is 9.29. The molecule has 0 aliphatic rings. The maximum Gasteiger partial charge on any atom is 0.243 e. The molecule has 1 atom stereocenters. The van der Waals surface area contributed by atoms with E-state index in [0.29, 0.717) is 5.56 Å². The SMILES string of the molecule is C=CC(=O)N[C@H](C)c1cccc(F)c1OC. The molecule has 0 saturated heterocycles. The van der Waals surface area contributed by atoms with Gasteiger partial charge in [0.05, 0.1) is 13.2 Å². The standard InChI is InChI=1S/C12H14FNO2/c1-4-11(15)14-8(2)9-6-5-7-10(13)12(9)16-3/h4-8H,1H2,2-3H3,(H,14,15)/t8-/m1/s1. The first-order chi connectivity index (χ1) is 7.60. The van der Waals surface area contributed by atoms with Gasteiger partial charge < -0.3 is 10.1 Å². The Morgan fingerprint density at radius 3 is 2.88 bits per heavy atom. The van der Waals surface area contributed by atoms with E-state index in [4.69, 9.17) is 4.74 Å². The third kappa shape index (κ3) is 2.59. The van der Waals surface area contributed by atoms with Crippen LogP contribution in [0.4, 0.5) is 4.39 Å². The molecule has 1 N–H and O–H groups in total. The Bertz CT molecular complexity index is 404. The number of rotatable bonds is 4. The molecule has 1 aromatic rings. The fourth-order valence-electron chi connectivity index (χ4n) is 1.43. The lowest BCUT2D eigenvalue weighted by atomic mass is 10.1. The first-order valence-electron chi connectivity index (χ1n) is 4.85. The fourth-order valence-corrected chi connectivity index (χ4v) is 1.43. The number of para-hydroxylation sites is 1. The minimum atomic E-state index is -0.445. The van der Waals surface area contributed by atoms with Gasteiger partial charge >= 0.3 is 0 Å². The van der Waals surface area contributed by atoms with Crippen molar-refractivity contribution < 1.29 is 13.9 Å². The molecule has 1 aromatic carbocycles. The van der Waals surface area contributed by atoms with Crippen molar-refractivity contribution in [2.75, 3.05) is 7.11 Å². The van der Waals surface area contributed by atoms with Crippen molar-refractivity contribution in [3.8, 4) is 5.75 Å². The number of hydrogen-bond acceptors (Lipinski definition) is 2. The second kappa shape index (κ2) is 5.30. The summed E-state index contributed by atoms with van der Waals surface area (Å²) in [5, 5.41) is 2.64. The molecule has 0 fully saturated rings. The van der Waals surface area contributed by atoms with Gasteiger partial charge in [0.2, 0.25) is 5.91 Å². The highest BCUT2D eigenvalue weighted by atomic mass is 19.1. The number of hydrogen-bond donors (Lipinski definition) is 1. The van der Waals surface area contributed by atoms with Gasteiger partial charge in [-0.05, 0) is 19.1 Å². The maximum absolute atomic E-state index is 13.4. The van der Waals surface area contributed by atoms with Gasteiger partial charge in [-0.25, -0.2) is 4.39 Å². The van der Waals surface area contributed by atoms with Gasteiger partial charge in [-0.2, -0.15) is 0 Å². The van der Waals surface area contributed by atoms with Crippen LogP contribution in [0.25, 0.3) is 0 Å². The molecular weight excluding hydrogens is 209 g/mol. The molecule has 0 saturated carbocycles. The predicted octanol–water partition coefficient (Wildman–Crippen LogP) is 2.20. The lowest BCUT2D eigenvalue weighted by Gasteiger charge is -2.16. The number of halogens is 1. The van der Waals surface area contributed by atoms with Gasteiger partial charge in [0.1, 0.15) is 0 Å². The Labute approximate surface area is 93.9 Å². The van der Waals surface area contributed by atoms with Crippen molar-refractivity contribution in [1.82, 2.24) is 5.32 Å². The Morgan fingerprint density at radius 2 is 2.31 bits per heavy atom. The molecule has 86 valence electrons. The van der Waals surface area contributed by atoms with E-state index < -0.39 is 5.82 Å². The smallest absolute Gasteiger partial charge is 0.243 e. The Hall–Kier alpha value is -1.84. The van der Waals surface area contributed by atoms with Crippen LogP contribution >= 0.6 is 0 Å². The average molecular weight is 223 g/mol. The Kier molecular flexibility index (Phi) is 4.05. The van der Waals surface area contributed by atoms with Crippen molar-refractivity contribution in [2.24, 2.45) is 0 Å². The van der Waals surface area contributed by atoms with Crippen LogP contribution in [0, 0.1) is 5.82 Å². The molecular formula is C12H14FNO2. The minimum Gasteiger partial charge on any atom is -0.493 e. The summed E-state index contributed by atoms with van der Waals surface area (Å²) in [6.07, 6.45) is 1.17. The predicted molar refractivity (Wildman–Crippen MR) is 59.7 cm³/mol. The van der Waals surface area contributed by atoms with Crippen LogP contribution in [-0.4, -0.2) is 13.0 Å². The molecule has 0 spiro atoms. The van der Waals surface area contributed by atoms with Crippen molar-refractivity contribution in [3.63, 3.8) is 0 Å². The summed E-state index contributed by atoms with van der Waals surface area (Å²) in [6.45, 7) is 5.10. The summed E-state index contributed by atoms with van der Waals surface area (Å²) in [5.74, 6) is -0.599. The van der Waals surface area contributed by atoms with Crippen LogP contribution in [-0.2, 0) is 4.79 Å². The number of benzene rings is 1. The molecule has 4 heteroatoms. The monoisotopic (exact) mass is 223 g/mol. The molecule has 0 radical (unpaired) electrons. The van der Waals surface area contributed by atoms with E-state index in [9.17, 15) is 9.18 Å². The average Bonchev–Trinajstić information content (AvgIpc) is 2.28. The first kappa shape index (κ1) is 12.2. The van der Waals surface area contributed by atoms with E-state index in [0.717, 1.165) is 0 Å². The summed E-state index contributed by atoms with van der Waals surface area (Å²) in [6, 6.07) is 4.25. The molecule has 16 heavy (non-hydrogen) atoms. The maximum atomic E-state index is 13.4. The second-order valence-corrected chi connectivity index (χ2v) is 3.30. The Balaban J connectivity index is 2.98. The number of ether oxygens (including phenoxy) is 1. The lowest BCUT2D eigenvalue weighted by molar-refractivity contribution is -0.117. The quantitative estimate of drug-likeness (QED) is 0.795. The Morgan fingerprint density at radius 1 is 1.62 bits per heavy atom. The van der Waals surface area contributed by atoms with Gasteiger partial charge in [-0.15, -0.1) is 0 Å². The summed E-state index contributed by atoms with van der Waals surface area (Å²) in [7, 11) is 1.39. The summed E-state index contributed by atoms with van der Waals surface area (Å²) >= 11 is 0. The molecule has 0 aliphatic carbocycles. The van der Waals surface area contributed by atoms with Crippen molar-refractivity contribution in [1.29, 1.82) is 0 Å². The molecule has 3 nitrogen and oxygen atoms in total. The summed E-state index contributed by atoms with van der Waals surface area (Å²) in [5.41, 5.74) is 0.595. The molecule has 0 aromatic heterocycles. The molecule has 0 heterocycles. The highest BCUT2D eigenvalue weighted by Crippen LogP contribution is 2.27. The molecule has 1 rings (SSSR count). The third-order valence-corrected chi connectivity index (χ3v) is 2.21. The van der Waals surface area contributed by atoms with Crippen molar-refractivity contribution in [2.45, 2.75) is 13.0 Å². The highest BCUT2D eigenvalue weighted by molar-refractivity contribution is 5.87. The molecule has 0 bridgehead atoms. The molecule has 0 aliphatic heterocycles. The highest BCUT2D eigenvalue weighted by Gasteiger charge is 2.15. The van der Waals surface area contributed by atoms with Gasteiger partial charge in [0.25, 0.3) is 0 Å². The van der Waals surface area contributed by atoms with Crippen LogP contribution in [0.1, 0.15) is 18.5 Å². The van der Waals surface area contributed by atoms with Crippen molar-refractivity contribution in [3.05, 3.63) is 42.2 Å². The van der Waals surface area contributed by atoms with Crippen LogP contribution in [0.3, 0.4) is 0 Å². The van der Waals surface area contributed by atoms with Gasteiger partial charge in [-0.3, -0.25) is 4.79 Å². The largest absolute Gasteiger partial charge is 0.493 e. The van der Waals surface area contributed by atoms with Crippen molar-refractivity contribution >= 4 is 5.91 Å². The van der Waals surface area contributed by atoms with E-state index in [1.165, 1.54) is 19.3 Å². The van der Waals surface area contributed by atoms with Crippen LogP contribution in [0.5, 0.6) is 5.75 Å². The number of methoxy groups -OCH3 is 1. The number of carbonyl (C=O) groups is 1. The van der Waals surface area contributed by atoms with E-state index in [1.807, 2.05) is 0 Å². The lowest BCUT2D eigenvalue weighted by Crippen LogP contribution is -2.24. The summed E-state index contributed by atoms with van der Waals surface area (Å²) < 4.78 is 18.3. The van der Waals surface area contributed by atoms with Crippen LogP contribution in [0.2, 0.25) is 0 Å². The minimum absolute atomic E-state index is 0.152. The van der Waals surface area contributed by atoms with Crippen LogP contribution < -0.4 is 10.1 Å². The number of nitrogens with one attached hydrogen (secondary N) is 1. The summed E-state index contributed by atoms with van der Waals surface area (Å²) in [4.78, 5) is 11.1. The fraction of sp³-hybridized carbons (Fsp3) is 0.250. The number of amides is 1. The molecule has 0 unspecified atom stereocenters. The van der Waals surface area contributed by atoms with Gasteiger partial charge in [0, 0.05) is 5.56 Å². The topological polar surface area (TPSA) is 38.3 Å². The zero-order valence-electron chi connectivity index (χ0n) is 9.29. The van der Waals surface area contributed by atoms with Gasteiger partial charge in [-0.1, -0.05) is 18.7 Å². The second-order valence-electron chi connectivity index (χ2n) is 3.30. The normalized spacial score (nSPS) is 11.7. The van der Waals surface area contributed by atoms with Crippen LogP contribution in [0.15, 0.2) is 30.9 Å². The van der Waals surface area contributed by atoms with E-state index in [2.05, 4.69) is 11.9 Å².